The first-order valence-corrected chi connectivity index (χ1v) is 6.22. The second-order valence-corrected chi connectivity index (χ2v) is 4.15. The molecule has 93 valence electrons. The van der Waals surface area contributed by atoms with Crippen LogP contribution in [0.25, 0.3) is 5.69 Å². The van der Waals surface area contributed by atoms with Gasteiger partial charge in [0.1, 0.15) is 5.75 Å². The zero-order valence-corrected chi connectivity index (χ0v) is 10.5. The molecule has 1 radical (unpaired) electrons. The molecular formula is C15H17N2O. The topological polar surface area (TPSA) is 36.5 Å². The fraction of sp³-hybridized carbons (Fsp3) is 0.267. The number of hydrogen-bond acceptors (Lipinski definition) is 1. The Hall–Kier alpha value is -2.03. The van der Waals surface area contributed by atoms with E-state index in [-0.39, 0.29) is 0 Å². The number of ether oxygens (including phenoxy) is 1. The van der Waals surface area contributed by atoms with E-state index in [1.54, 1.807) is 0 Å². The molecule has 0 aliphatic rings. The Kier molecular flexibility index (Phi) is 4.18. The van der Waals surface area contributed by atoms with Crippen molar-refractivity contribution in [2.24, 2.45) is 0 Å². The van der Waals surface area contributed by atoms with E-state index in [4.69, 9.17) is 4.74 Å². The summed E-state index contributed by atoms with van der Waals surface area (Å²) in [5, 5.41) is 9.22. The summed E-state index contributed by atoms with van der Waals surface area (Å²) in [5.74, 6) is 0.717. The third-order valence-corrected chi connectivity index (χ3v) is 2.77. The van der Waals surface area contributed by atoms with Gasteiger partial charge in [0.05, 0.1) is 24.6 Å². The van der Waals surface area contributed by atoms with Gasteiger partial charge in [0.25, 0.3) is 0 Å². The van der Waals surface area contributed by atoms with E-state index < -0.39 is 0 Å². The first-order chi connectivity index (χ1) is 8.85. The average Bonchev–Trinajstić information content (AvgIpc) is 2.83. The minimum atomic E-state index is 0.677. The highest BCUT2D eigenvalue weighted by Crippen LogP contribution is 2.21. The smallest absolute Gasteiger partial charge is 0.146 e. The van der Waals surface area contributed by atoms with Gasteiger partial charge < -0.3 is 9.30 Å². The van der Waals surface area contributed by atoms with Crippen LogP contribution in [-0.2, 0) is 0 Å². The lowest BCUT2D eigenvalue weighted by atomic mass is 10.3. The Balaban J connectivity index is 2.21. The van der Waals surface area contributed by atoms with Gasteiger partial charge in [0.2, 0.25) is 0 Å². The van der Waals surface area contributed by atoms with Gasteiger partial charge in [0.15, 0.2) is 0 Å². The van der Waals surface area contributed by atoms with Gasteiger partial charge in [-0.3, -0.25) is 0 Å². The molecule has 0 fully saturated rings. The van der Waals surface area contributed by atoms with E-state index >= 15 is 0 Å². The number of nitrogens with zero attached hydrogens (tertiary/aromatic N) is 2. The molecule has 0 saturated carbocycles. The SMILES string of the molecule is CCCCOc1cn(-c2ccccc2)cc1C=[N]. The van der Waals surface area contributed by atoms with Gasteiger partial charge in [-0.15, -0.1) is 0 Å². The molecule has 1 heterocycles. The van der Waals surface area contributed by atoms with Gasteiger partial charge in [-0.25, -0.2) is 0 Å². The van der Waals surface area contributed by atoms with Crippen molar-refractivity contribution in [2.75, 3.05) is 6.61 Å². The van der Waals surface area contributed by atoms with E-state index in [2.05, 4.69) is 6.92 Å². The van der Waals surface area contributed by atoms with Crippen molar-refractivity contribution < 1.29 is 4.74 Å². The maximum absolute atomic E-state index is 9.22. The minimum absolute atomic E-state index is 0.677. The number of rotatable bonds is 6. The van der Waals surface area contributed by atoms with Crippen molar-refractivity contribution in [3.05, 3.63) is 48.3 Å². The van der Waals surface area contributed by atoms with E-state index in [0.717, 1.165) is 30.5 Å². The number of unbranched alkanes of at least 4 members (excludes halogenated alkanes) is 1. The van der Waals surface area contributed by atoms with Crippen molar-refractivity contribution in [3.63, 3.8) is 0 Å². The third-order valence-electron chi connectivity index (χ3n) is 2.77. The highest BCUT2D eigenvalue weighted by molar-refractivity contribution is 5.82. The summed E-state index contributed by atoms with van der Waals surface area (Å²) in [4.78, 5) is 0. The van der Waals surface area contributed by atoms with Crippen molar-refractivity contribution >= 4 is 6.21 Å². The Labute approximate surface area is 108 Å². The molecule has 0 aliphatic heterocycles. The Bertz CT molecular complexity index is 502. The van der Waals surface area contributed by atoms with E-state index in [1.165, 1.54) is 0 Å². The van der Waals surface area contributed by atoms with Crippen molar-refractivity contribution in [2.45, 2.75) is 19.8 Å². The number of para-hydroxylation sites is 1. The summed E-state index contributed by atoms with van der Waals surface area (Å²) in [6.07, 6.45) is 6.95. The summed E-state index contributed by atoms with van der Waals surface area (Å²) in [7, 11) is 0. The minimum Gasteiger partial charge on any atom is -0.491 e. The van der Waals surface area contributed by atoms with Crippen LogP contribution >= 0.6 is 0 Å². The lowest BCUT2D eigenvalue weighted by Crippen LogP contribution is -1.97. The normalized spacial score (nSPS) is 10.3. The van der Waals surface area contributed by atoms with Crippen LogP contribution in [0.5, 0.6) is 5.75 Å². The number of aromatic nitrogens is 1. The summed E-state index contributed by atoms with van der Waals surface area (Å²) >= 11 is 0. The molecule has 0 N–H and O–H groups in total. The predicted molar refractivity (Wildman–Crippen MR) is 73.5 cm³/mol. The largest absolute Gasteiger partial charge is 0.491 e. The Morgan fingerprint density at radius 2 is 2.00 bits per heavy atom. The first-order valence-electron chi connectivity index (χ1n) is 6.22. The van der Waals surface area contributed by atoms with Gasteiger partial charge >= 0.3 is 0 Å². The third kappa shape index (κ3) is 2.80. The maximum Gasteiger partial charge on any atom is 0.146 e. The van der Waals surface area contributed by atoms with Gasteiger partial charge in [0, 0.05) is 11.9 Å². The van der Waals surface area contributed by atoms with Crippen LogP contribution in [0.2, 0.25) is 0 Å². The van der Waals surface area contributed by atoms with Crippen LogP contribution in [0.15, 0.2) is 42.7 Å². The molecule has 0 bridgehead atoms. The summed E-state index contributed by atoms with van der Waals surface area (Å²) in [6, 6.07) is 9.96. The van der Waals surface area contributed by atoms with Crippen LogP contribution in [0.3, 0.4) is 0 Å². The predicted octanol–water partition coefficient (Wildman–Crippen LogP) is 2.88. The second kappa shape index (κ2) is 6.05. The molecule has 0 aliphatic carbocycles. The Morgan fingerprint density at radius 3 is 2.67 bits per heavy atom. The monoisotopic (exact) mass is 241 g/mol. The van der Waals surface area contributed by atoms with Crippen LogP contribution in [0.1, 0.15) is 25.3 Å². The van der Waals surface area contributed by atoms with E-state index in [1.807, 2.05) is 47.3 Å². The van der Waals surface area contributed by atoms with Crippen molar-refractivity contribution in [1.82, 2.24) is 9.98 Å². The van der Waals surface area contributed by atoms with Gasteiger partial charge in [-0.05, 0) is 18.6 Å². The van der Waals surface area contributed by atoms with E-state index in [9.17, 15) is 5.41 Å². The molecule has 1 aromatic carbocycles. The quantitative estimate of drug-likeness (QED) is 0.566. The van der Waals surface area contributed by atoms with E-state index in [0.29, 0.717) is 12.2 Å². The van der Waals surface area contributed by atoms with Crippen LogP contribution in [0.4, 0.5) is 0 Å². The molecule has 0 unspecified atom stereocenters. The molecule has 2 rings (SSSR count). The lowest BCUT2D eigenvalue weighted by Gasteiger charge is -2.03. The Morgan fingerprint density at radius 1 is 1.22 bits per heavy atom. The van der Waals surface area contributed by atoms with Gasteiger partial charge in [-0.1, -0.05) is 31.5 Å². The van der Waals surface area contributed by atoms with Gasteiger partial charge in [-0.2, -0.15) is 5.41 Å². The summed E-state index contributed by atoms with van der Waals surface area (Å²) < 4.78 is 7.61. The van der Waals surface area contributed by atoms with Crippen LogP contribution in [0, 0.1) is 0 Å². The first kappa shape index (κ1) is 12.4. The molecule has 18 heavy (non-hydrogen) atoms. The van der Waals surface area contributed by atoms with Crippen LogP contribution in [-0.4, -0.2) is 17.4 Å². The fourth-order valence-corrected chi connectivity index (χ4v) is 1.74. The molecule has 0 saturated heterocycles. The molecule has 3 nitrogen and oxygen atoms in total. The molecule has 3 heteroatoms. The second-order valence-electron chi connectivity index (χ2n) is 4.15. The molecule has 0 amide bonds. The fourth-order valence-electron chi connectivity index (χ4n) is 1.74. The average molecular weight is 241 g/mol. The molecule has 0 atom stereocenters. The number of hydrogen-bond donors (Lipinski definition) is 0. The zero-order valence-electron chi connectivity index (χ0n) is 10.5. The lowest BCUT2D eigenvalue weighted by molar-refractivity contribution is 0.309. The molecular weight excluding hydrogens is 224 g/mol. The van der Waals surface area contributed by atoms with Crippen LogP contribution < -0.4 is 10.1 Å². The maximum atomic E-state index is 9.22. The molecule has 0 spiro atoms. The molecule has 2 aromatic rings. The highest BCUT2D eigenvalue weighted by Gasteiger charge is 2.07. The number of benzene rings is 1. The van der Waals surface area contributed by atoms with Crippen molar-refractivity contribution in [1.29, 1.82) is 0 Å². The summed E-state index contributed by atoms with van der Waals surface area (Å²) in [5.41, 5.74) is 1.75. The summed E-state index contributed by atoms with van der Waals surface area (Å²) in [6.45, 7) is 2.80. The molecule has 1 aromatic heterocycles. The standard InChI is InChI=1S/C15H17N2O/c1-2-3-9-18-15-12-17(11-13(15)10-16)14-7-5-4-6-8-14/h4-8,10-12H,2-3,9H2,1H3. The zero-order chi connectivity index (χ0) is 12.8. The van der Waals surface area contributed by atoms with Crippen molar-refractivity contribution in [3.8, 4) is 11.4 Å². The highest BCUT2D eigenvalue weighted by atomic mass is 16.5.